The van der Waals surface area contributed by atoms with Crippen LogP contribution in [0.2, 0.25) is 0 Å². The van der Waals surface area contributed by atoms with Crippen LogP contribution in [0.3, 0.4) is 0 Å². The van der Waals surface area contributed by atoms with Crippen molar-refractivity contribution in [2.45, 2.75) is 184 Å². The highest BCUT2D eigenvalue weighted by Crippen LogP contribution is 2.33. The molecule has 0 aromatic heterocycles. The van der Waals surface area contributed by atoms with E-state index in [0.29, 0.717) is 18.3 Å². The van der Waals surface area contributed by atoms with Gasteiger partial charge >= 0.3 is 0 Å². The molecule has 10 atom stereocenters. The molecule has 0 heterocycles. The number of likely N-dealkylation sites (N-methyl/N-ethyl adjacent to an activating group) is 2. The molecular formula is C49H90N4O6. The third-order valence-electron chi connectivity index (χ3n) is 12.0. The molecule has 0 bridgehead atoms. The fourth-order valence-electron chi connectivity index (χ4n) is 8.26. The van der Waals surface area contributed by atoms with Gasteiger partial charge < -0.3 is 35.0 Å². The Balaban J connectivity index is 0.00000114. The first-order valence-corrected chi connectivity index (χ1v) is 22.8. The lowest BCUT2D eigenvalue weighted by atomic mass is 9.84. The molecule has 10 heteroatoms. The van der Waals surface area contributed by atoms with Gasteiger partial charge in [-0.25, -0.2) is 0 Å². The number of methoxy groups -OCH3 is 2. The zero-order chi connectivity index (χ0) is 45.6. The van der Waals surface area contributed by atoms with Gasteiger partial charge in [0.25, 0.3) is 0 Å². The van der Waals surface area contributed by atoms with E-state index < -0.39 is 6.10 Å². The first kappa shape index (κ1) is 56.2. The van der Waals surface area contributed by atoms with Gasteiger partial charge in [0.15, 0.2) is 0 Å². The van der Waals surface area contributed by atoms with Crippen LogP contribution in [-0.2, 0) is 23.9 Å². The number of amides is 2. The highest BCUT2D eigenvalue weighted by molar-refractivity contribution is 5.83. The third-order valence-corrected chi connectivity index (χ3v) is 12.0. The first-order chi connectivity index (χ1) is 27.8. The van der Waals surface area contributed by atoms with E-state index in [1.807, 2.05) is 70.0 Å². The highest BCUT2D eigenvalue weighted by atomic mass is 16.5. The molecule has 1 aliphatic rings. The minimum Gasteiger partial charge on any atom is -0.386 e. The van der Waals surface area contributed by atoms with Gasteiger partial charge in [-0.1, -0.05) is 126 Å². The van der Waals surface area contributed by atoms with Crippen molar-refractivity contribution in [3.8, 4) is 0 Å². The van der Waals surface area contributed by atoms with Crippen LogP contribution in [-0.4, -0.2) is 104 Å². The van der Waals surface area contributed by atoms with Crippen molar-refractivity contribution in [3.05, 3.63) is 47.2 Å². The van der Waals surface area contributed by atoms with Crippen LogP contribution in [0.15, 0.2) is 41.6 Å². The summed E-state index contributed by atoms with van der Waals surface area (Å²) in [7, 11) is 9.42. The zero-order valence-corrected chi connectivity index (χ0v) is 40.9. The summed E-state index contributed by atoms with van der Waals surface area (Å²) in [5, 5.41) is 17.1. The minimum absolute atomic E-state index is 0.0691. The summed E-state index contributed by atoms with van der Waals surface area (Å²) in [4.78, 5) is 42.6. The Hall–Kier alpha value is -2.79. The average molecular weight is 831 g/mol. The number of aliphatic hydroxyl groups is 1. The van der Waals surface area contributed by atoms with Crippen molar-refractivity contribution in [2.75, 3.05) is 35.4 Å². The number of aliphatic hydroxyl groups excluding tert-OH is 1. The van der Waals surface area contributed by atoms with E-state index in [9.17, 15) is 19.5 Å². The fraction of sp³-hybridized carbons (Fsp3) is 0.776. The third kappa shape index (κ3) is 18.0. The van der Waals surface area contributed by atoms with Crippen molar-refractivity contribution >= 4 is 17.6 Å². The largest absolute Gasteiger partial charge is 0.386 e. The van der Waals surface area contributed by atoms with Crippen molar-refractivity contribution < 1.29 is 29.0 Å². The number of ether oxygens (including phenoxy) is 2. The van der Waals surface area contributed by atoms with Crippen LogP contribution in [0.25, 0.3) is 0 Å². The number of nitrogens with zero attached hydrogens (tertiary/aromatic N) is 2. The maximum absolute atomic E-state index is 14.0. The number of carbonyl (C=O) groups excluding carboxylic acids is 3. The molecule has 0 spiro atoms. The van der Waals surface area contributed by atoms with Crippen molar-refractivity contribution in [1.29, 1.82) is 0 Å². The number of ketones is 1. The Morgan fingerprint density at radius 3 is 1.81 bits per heavy atom. The second-order valence-electron chi connectivity index (χ2n) is 17.7. The minimum atomic E-state index is -0.721. The van der Waals surface area contributed by atoms with E-state index >= 15 is 0 Å². The number of hydrogen-bond donors (Lipinski definition) is 3. The predicted molar refractivity (Wildman–Crippen MR) is 246 cm³/mol. The van der Waals surface area contributed by atoms with Gasteiger partial charge in [0.2, 0.25) is 11.8 Å². The Labute approximate surface area is 362 Å². The molecule has 2 amide bonds. The number of allylic oxidation sites excluding steroid dienone is 1. The number of carbonyl (C=O) groups is 3. The molecular weight excluding hydrogens is 741 g/mol. The van der Waals surface area contributed by atoms with Crippen molar-refractivity contribution in [3.63, 3.8) is 0 Å². The predicted octanol–water partition coefficient (Wildman–Crippen LogP) is 9.22. The van der Waals surface area contributed by atoms with E-state index in [0.717, 1.165) is 44.1 Å². The van der Waals surface area contributed by atoms with Gasteiger partial charge in [-0.05, 0) is 88.4 Å². The first-order valence-electron chi connectivity index (χ1n) is 22.8. The number of unbranched alkanes of at least 4 members (excludes halogenated alkanes) is 1. The fourth-order valence-corrected chi connectivity index (χ4v) is 8.26. The molecule has 1 aromatic carbocycles. The lowest BCUT2D eigenvalue weighted by Crippen LogP contribution is -2.57. The lowest BCUT2D eigenvalue weighted by Gasteiger charge is -2.42. The molecule has 0 aliphatic heterocycles. The Morgan fingerprint density at radius 2 is 1.41 bits per heavy atom. The van der Waals surface area contributed by atoms with Gasteiger partial charge in [-0.3, -0.25) is 14.4 Å². The van der Waals surface area contributed by atoms with Gasteiger partial charge in [-0.2, -0.15) is 0 Å². The number of hydrogen-bond acceptors (Lipinski definition) is 8. The summed E-state index contributed by atoms with van der Waals surface area (Å²) in [5.74, 6) is 0.905. The second-order valence-corrected chi connectivity index (χ2v) is 17.7. The monoisotopic (exact) mass is 831 g/mol. The number of rotatable bonds is 24. The molecule has 10 unspecified atom stereocenters. The quantitative estimate of drug-likeness (QED) is 0.0944. The molecule has 1 aliphatic carbocycles. The maximum atomic E-state index is 14.0. The zero-order valence-electron chi connectivity index (χ0n) is 40.9. The molecule has 0 radical (unpaired) electrons. The van der Waals surface area contributed by atoms with Crippen LogP contribution >= 0.6 is 0 Å². The Morgan fingerprint density at radius 1 is 0.831 bits per heavy atom. The summed E-state index contributed by atoms with van der Waals surface area (Å²) in [6, 6.07) is 8.79. The Kier molecular flexibility index (Phi) is 28.1. The van der Waals surface area contributed by atoms with E-state index in [2.05, 4.69) is 85.0 Å². The van der Waals surface area contributed by atoms with Crippen molar-refractivity contribution in [2.24, 2.45) is 29.6 Å². The molecule has 1 fully saturated rings. The summed E-state index contributed by atoms with van der Waals surface area (Å²) in [6.45, 7) is 26.6. The highest BCUT2D eigenvalue weighted by Gasteiger charge is 2.38. The lowest BCUT2D eigenvalue weighted by molar-refractivity contribution is -0.141. The average Bonchev–Trinajstić information content (AvgIpc) is 3.18. The van der Waals surface area contributed by atoms with E-state index in [1.165, 1.54) is 17.7 Å². The molecule has 1 saturated carbocycles. The number of Topliss-reactive ketones (excluding diaryl/α,β-unsaturated/α-hetero) is 1. The molecule has 1 aromatic rings. The van der Waals surface area contributed by atoms with Gasteiger partial charge in [0, 0.05) is 33.4 Å². The number of nitrogens with one attached hydrogen (secondary N) is 2. The van der Waals surface area contributed by atoms with E-state index in [1.54, 1.807) is 21.1 Å². The van der Waals surface area contributed by atoms with E-state index in [4.69, 9.17) is 9.47 Å². The van der Waals surface area contributed by atoms with Crippen LogP contribution in [0.1, 0.15) is 153 Å². The van der Waals surface area contributed by atoms with E-state index in [-0.39, 0.29) is 71.7 Å². The van der Waals surface area contributed by atoms with Crippen LogP contribution in [0.5, 0.6) is 0 Å². The topological polar surface area (TPSA) is 120 Å². The van der Waals surface area contributed by atoms with Crippen molar-refractivity contribution in [1.82, 2.24) is 20.4 Å². The molecule has 59 heavy (non-hydrogen) atoms. The summed E-state index contributed by atoms with van der Waals surface area (Å²) >= 11 is 0. The smallest absolute Gasteiger partial charge is 0.245 e. The standard InChI is InChI=1S/C27H51N3O3.C20H33NO3.C2H6/c1-12-19(6)26(22(33-11)16-20(7)31)30(10)27(32)23(17(2)3)28-24(21-14-13-15-21)25(18(4)5)29(8)9;1-6-7-11-14(2)19(24-5)15(3)20(23)21-16(4)18(22)17-12-9-8-10-13-17;1-2/h17-19,22-23,25-26,28H,12-16H2,1-11H3;8-10,12-16,18-19,22H,6-7,11H2,1-5H3,(H,21,23);1-2H3. The summed E-state index contributed by atoms with van der Waals surface area (Å²) < 4.78 is 11.3. The Bertz CT molecular complexity index is 1340. The normalized spacial score (nSPS) is 17.6. The maximum Gasteiger partial charge on any atom is 0.245 e. The van der Waals surface area contributed by atoms with Gasteiger partial charge in [-0.15, -0.1) is 0 Å². The molecule has 10 nitrogen and oxygen atoms in total. The molecule has 2 rings (SSSR count). The summed E-state index contributed by atoms with van der Waals surface area (Å²) in [6.07, 6.45) is 6.83. The molecule has 0 saturated heterocycles. The van der Waals surface area contributed by atoms with Crippen LogP contribution in [0, 0.1) is 29.6 Å². The molecule has 3 N–H and O–H groups in total. The summed E-state index contributed by atoms with van der Waals surface area (Å²) in [5.41, 5.74) is 3.49. The van der Waals surface area contributed by atoms with Gasteiger partial charge in [0.1, 0.15) is 11.8 Å². The number of benzene rings is 1. The SMILES string of the molecule is CC.CCC(C)C(C(CC(C)=O)OC)N(C)C(=O)C(NC(=C1CCC1)C(C(C)C)N(C)C)C(C)C.CCCCC(C)C(OC)C(C)C(=O)NC(C)C(O)c1ccccc1. The molecule has 342 valence electrons. The van der Waals surface area contributed by atoms with Crippen LogP contribution < -0.4 is 10.6 Å². The second kappa shape index (κ2) is 29.5. The van der Waals surface area contributed by atoms with Gasteiger partial charge in [0.05, 0.1) is 42.4 Å². The van der Waals surface area contributed by atoms with Crippen LogP contribution in [0.4, 0.5) is 0 Å².